The molecule has 0 spiro atoms. The molecular weight excluding hydrogens is 180 g/mol. The van der Waals surface area contributed by atoms with Gasteiger partial charge in [-0.05, 0) is 31.7 Å². The van der Waals surface area contributed by atoms with Gasteiger partial charge in [-0.15, -0.1) is 11.6 Å². The smallest absolute Gasteiger partial charge is 0.0252 e. The average molecular weight is 197 g/mol. The van der Waals surface area contributed by atoms with Crippen LogP contribution in [0.3, 0.4) is 0 Å². The quantitative estimate of drug-likeness (QED) is 0.647. The van der Waals surface area contributed by atoms with Gasteiger partial charge in [-0.2, -0.15) is 0 Å². The fourth-order valence-corrected chi connectivity index (χ4v) is 1.75. The zero-order valence-electron chi connectivity index (χ0n) is 8.60. The van der Waals surface area contributed by atoms with Crippen molar-refractivity contribution in [3.05, 3.63) is 34.9 Å². The molecule has 1 rings (SSSR count). The molecule has 13 heavy (non-hydrogen) atoms. The number of hydrogen-bond donors (Lipinski definition) is 0. The zero-order valence-corrected chi connectivity index (χ0v) is 9.36. The third kappa shape index (κ3) is 3.40. The van der Waals surface area contributed by atoms with Gasteiger partial charge < -0.3 is 0 Å². The monoisotopic (exact) mass is 196 g/mol. The normalized spacial score (nSPS) is 12.9. The van der Waals surface area contributed by atoms with Gasteiger partial charge in [0.2, 0.25) is 0 Å². The number of benzene rings is 1. The van der Waals surface area contributed by atoms with Gasteiger partial charge in [-0.1, -0.05) is 36.2 Å². The molecule has 1 aromatic rings. The SMILES string of the molecule is Cc1cc(C)cc(CC(C)CCl)c1. The lowest BCUT2D eigenvalue weighted by Crippen LogP contribution is -2.01. The van der Waals surface area contributed by atoms with E-state index in [1.165, 1.54) is 16.7 Å². The first-order valence-electron chi connectivity index (χ1n) is 4.75. The fraction of sp³-hybridized carbons (Fsp3) is 0.500. The molecule has 1 aromatic carbocycles. The molecule has 0 radical (unpaired) electrons. The van der Waals surface area contributed by atoms with Gasteiger partial charge in [0.1, 0.15) is 0 Å². The second kappa shape index (κ2) is 4.66. The van der Waals surface area contributed by atoms with E-state index in [0.717, 1.165) is 12.3 Å². The number of hydrogen-bond acceptors (Lipinski definition) is 0. The standard InChI is InChI=1S/C12H17Cl/c1-9-4-10(2)6-12(5-9)7-11(3)8-13/h4-6,11H,7-8H2,1-3H3. The highest BCUT2D eigenvalue weighted by atomic mass is 35.5. The Hall–Kier alpha value is -0.490. The van der Waals surface area contributed by atoms with Gasteiger partial charge >= 0.3 is 0 Å². The molecule has 0 saturated heterocycles. The van der Waals surface area contributed by atoms with Crippen LogP contribution in [0.2, 0.25) is 0 Å². The summed E-state index contributed by atoms with van der Waals surface area (Å²) in [7, 11) is 0. The molecule has 0 bridgehead atoms. The molecular formula is C12H17Cl. The molecule has 0 N–H and O–H groups in total. The number of aryl methyl sites for hydroxylation is 2. The molecule has 0 saturated carbocycles. The minimum absolute atomic E-state index is 0.572. The van der Waals surface area contributed by atoms with Crippen molar-refractivity contribution in [2.24, 2.45) is 5.92 Å². The first-order chi connectivity index (χ1) is 6.11. The molecule has 0 nitrogen and oxygen atoms in total. The Kier molecular flexibility index (Phi) is 3.80. The van der Waals surface area contributed by atoms with E-state index in [0.29, 0.717) is 5.92 Å². The van der Waals surface area contributed by atoms with Gasteiger partial charge in [-0.25, -0.2) is 0 Å². The molecule has 0 heterocycles. The average Bonchev–Trinajstić information content (AvgIpc) is 2.02. The van der Waals surface area contributed by atoms with E-state index in [4.69, 9.17) is 11.6 Å². The second-order valence-electron chi connectivity index (χ2n) is 3.96. The van der Waals surface area contributed by atoms with Crippen LogP contribution in [0.4, 0.5) is 0 Å². The third-order valence-corrected chi connectivity index (χ3v) is 2.66. The summed E-state index contributed by atoms with van der Waals surface area (Å²) in [5.74, 6) is 1.32. The summed E-state index contributed by atoms with van der Waals surface area (Å²) in [5.41, 5.74) is 4.10. The molecule has 0 aliphatic carbocycles. The fourth-order valence-electron chi connectivity index (χ4n) is 1.64. The molecule has 1 heteroatoms. The molecule has 1 unspecified atom stereocenters. The molecule has 0 aliphatic rings. The van der Waals surface area contributed by atoms with Crippen LogP contribution in [0, 0.1) is 19.8 Å². The van der Waals surface area contributed by atoms with E-state index in [2.05, 4.69) is 39.0 Å². The van der Waals surface area contributed by atoms with Crippen molar-refractivity contribution in [3.8, 4) is 0 Å². The van der Waals surface area contributed by atoms with Crippen molar-refractivity contribution in [3.63, 3.8) is 0 Å². The van der Waals surface area contributed by atoms with E-state index in [-0.39, 0.29) is 0 Å². The summed E-state index contributed by atoms with van der Waals surface area (Å²) in [6.07, 6.45) is 1.09. The first-order valence-corrected chi connectivity index (χ1v) is 5.28. The largest absolute Gasteiger partial charge is 0.126 e. The molecule has 0 aliphatic heterocycles. The summed E-state index contributed by atoms with van der Waals surface area (Å²) >= 11 is 5.78. The maximum Gasteiger partial charge on any atom is 0.0252 e. The van der Waals surface area contributed by atoms with E-state index in [1.807, 2.05) is 0 Å². The van der Waals surface area contributed by atoms with Crippen molar-refractivity contribution in [1.82, 2.24) is 0 Å². The maximum absolute atomic E-state index is 5.78. The summed E-state index contributed by atoms with van der Waals surface area (Å²) in [6, 6.07) is 6.70. The Balaban J connectivity index is 2.77. The summed E-state index contributed by atoms with van der Waals surface area (Å²) < 4.78 is 0. The Morgan fingerprint density at radius 2 is 1.69 bits per heavy atom. The summed E-state index contributed by atoms with van der Waals surface area (Å²) in [5, 5.41) is 0. The van der Waals surface area contributed by atoms with E-state index < -0.39 is 0 Å². The lowest BCUT2D eigenvalue weighted by molar-refractivity contribution is 0.654. The van der Waals surface area contributed by atoms with Gasteiger partial charge in [0.05, 0.1) is 0 Å². The van der Waals surface area contributed by atoms with Crippen LogP contribution in [-0.4, -0.2) is 5.88 Å². The van der Waals surface area contributed by atoms with E-state index >= 15 is 0 Å². The van der Waals surface area contributed by atoms with Crippen molar-refractivity contribution in [2.45, 2.75) is 27.2 Å². The van der Waals surface area contributed by atoms with Crippen LogP contribution in [0.15, 0.2) is 18.2 Å². The highest BCUT2D eigenvalue weighted by Crippen LogP contribution is 2.14. The van der Waals surface area contributed by atoms with Crippen molar-refractivity contribution in [1.29, 1.82) is 0 Å². The molecule has 1 atom stereocenters. The Labute approximate surface area is 85.9 Å². The summed E-state index contributed by atoms with van der Waals surface area (Å²) in [4.78, 5) is 0. The Morgan fingerprint density at radius 1 is 1.15 bits per heavy atom. The lowest BCUT2D eigenvalue weighted by Gasteiger charge is -2.09. The molecule has 72 valence electrons. The highest BCUT2D eigenvalue weighted by molar-refractivity contribution is 6.18. The summed E-state index contributed by atoms with van der Waals surface area (Å²) in [6.45, 7) is 6.47. The minimum Gasteiger partial charge on any atom is -0.126 e. The molecule has 0 amide bonds. The Bertz CT molecular complexity index is 258. The van der Waals surface area contributed by atoms with Crippen molar-refractivity contribution in [2.75, 3.05) is 5.88 Å². The predicted octanol–water partition coefficient (Wildman–Crippen LogP) is 3.72. The van der Waals surface area contributed by atoms with Crippen LogP contribution < -0.4 is 0 Å². The third-order valence-electron chi connectivity index (χ3n) is 2.13. The van der Waals surface area contributed by atoms with Crippen LogP contribution in [0.5, 0.6) is 0 Å². The van der Waals surface area contributed by atoms with E-state index in [1.54, 1.807) is 0 Å². The van der Waals surface area contributed by atoms with Gasteiger partial charge in [0.15, 0.2) is 0 Å². The van der Waals surface area contributed by atoms with Crippen molar-refractivity contribution < 1.29 is 0 Å². The minimum atomic E-state index is 0.572. The van der Waals surface area contributed by atoms with Crippen LogP contribution in [0.1, 0.15) is 23.6 Å². The zero-order chi connectivity index (χ0) is 9.84. The number of halogens is 1. The first kappa shape index (κ1) is 10.6. The predicted molar refractivity (Wildman–Crippen MR) is 59.5 cm³/mol. The number of alkyl halides is 1. The van der Waals surface area contributed by atoms with Gasteiger partial charge in [0, 0.05) is 5.88 Å². The molecule has 0 aromatic heterocycles. The molecule has 0 fully saturated rings. The van der Waals surface area contributed by atoms with E-state index in [9.17, 15) is 0 Å². The van der Waals surface area contributed by atoms with Gasteiger partial charge in [-0.3, -0.25) is 0 Å². The van der Waals surface area contributed by atoms with Crippen LogP contribution in [0.25, 0.3) is 0 Å². The van der Waals surface area contributed by atoms with Crippen LogP contribution in [-0.2, 0) is 6.42 Å². The maximum atomic E-state index is 5.78. The van der Waals surface area contributed by atoms with Crippen molar-refractivity contribution >= 4 is 11.6 Å². The highest BCUT2D eigenvalue weighted by Gasteiger charge is 2.02. The lowest BCUT2D eigenvalue weighted by atomic mass is 9.99. The second-order valence-corrected chi connectivity index (χ2v) is 4.27. The van der Waals surface area contributed by atoms with Gasteiger partial charge in [0.25, 0.3) is 0 Å². The van der Waals surface area contributed by atoms with Crippen LogP contribution >= 0.6 is 11.6 Å². The topological polar surface area (TPSA) is 0 Å². The Morgan fingerprint density at radius 3 is 2.15 bits per heavy atom. The number of rotatable bonds is 3.